The van der Waals surface area contributed by atoms with Crippen molar-refractivity contribution in [2.75, 3.05) is 0 Å². The summed E-state index contributed by atoms with van der Waals surface area (Å²) in [6.07, 6.45) is 3.06. The van der Waals surface area contributed by atoms with Gasteiger partial charge in [-0.25, -0.2) is 4.98 Å². The Morgan fingerprint density at radius 2 is 2.11 bits per heavy atom. The molecule has 1 fully saturated rings. The van der Waals surface area contributed by atoms with Gasteiger partial charge in [0.1, 0.15) is 10.4 Å². The van der Waals surface area contributed by atoms with Gasteiger partial charge in [0.25, 0.3) is 0 Å². The molecule has 1 aromatic carbocycles. The van der Waals surface area contributed by atoms with Gasteiger partial charge in [-0.15, -0.1) is 11.3 Å². The third-order valence-corrected chi connectivity index (χ3v) is 4.91. The van der Waals surface area contributed by atoms with Gasteiger partial charge in [-0.3, -0.25) is 0 Å². The zero-order chi connectivity index (χ0) is 13.5. The van der Waals surface area contributed by atoms with Crippen molar-refractivity contribution < 1.29 is 0 Å². The van der Waals surface area contributed by atoms with Crippen LogP contribution in [0.25, 0.3) is 10.6 Å². The van der Waals surface area contributed by atoms with Crippen LogP contribution in [0.15, 0.2) is 23.6 Å². The summed E-state index contributed by atoms with van der Waals surface area (Å²) in [5.74, 6) is 0. The van der Waals surface area contributed by atoms with Gasteiger partial charge in [0.15, 0.2) is 0 Å². The van der Waals surface area contributed by atoms with Crippen molar-refractivity contribution >= 4 is 11.3 Å². The molecular formula is C16H16N2S. The highest BCUT2D eigenvalue weighted by Gasteiger charge is 2.41. The molecule has 1 heterocycles. The minimum atomic E-state index is -0.299. The molecule has 0 spiro atoms. The predicted molar refractivity (Wildman–Crippen MR) is 78.2 cm³/mol. The number of nitriles is 1. The molecule has 0 bridgehead atoms. The number of hydrogen-bond donors (Lipinski definition) is 0. The van der Waals surface area contributed by atoms with Crippen LogP contribution in [0.2, 0.25) is 0 Å². The lowest BCUT2D eigenvalue weighted by molar-refractivity contribution is 0.317. The topological polar surface area (TPSA) is 36.7 Å². The molecule has 2 aromatic rings. The summed E-state index contributed by atoms with van der Waals surface area (Å²) >= 11 is 1.65. The van der Waals surface area contributed by atoms with Crippen molar-refractivity contribution in [2.24, 2.45) is 0 Å². The largest absolute Gasteiger partial charge is 0.239 e. The average Bonchev–Trinajstić information content (AvgIpc) is 2.81. The number of benzene rings is 1. The normalized spacial score (nSPS) is 16.7. The van der Waals surface area contributed by atoms with Gasteiger partial charge >= 0.3 is 0 Å². The molecule has 1 saturated carbocycles. The third-order valence-electron chi connectivity index (χ3n) is 4.04. The first-order valence-electron chi connectivity index (χ1n) is 6.59. The summed E-state index contributed by atoms with van der Waals surface area (Å²) in [6.45, 7) is 4.21. The smallest absolute Gasteiger partial charge is 0.123 e. The summed E-state index contributed by atoms with van der Waals surface area (Å²) in [4.78, 5) is 4.74. The Morgan fingerprint density at radius 3 is 2.74 bits per heavy atom. The van der Waals surface area contributed by atoms with E-state index in [1.807, 2.05) is 0 Å². The number of aromatic nitrogens is 1. The van der Waals surface area contributed by atoms with Crippen molar-refractivity contribution in [3.8, 4) is 16.6 Å². The Balaban J connectivity index is 2.02. The molecule has 2 nitrogen and oxygen atoms in total. The van der Waals surface area contributed by atoms with E-state index in [1.165, 1.54) is 16.7 Å². The molecule has 19 heavy (non-hydrogen) atoms. The van der Waals surface area contributed by atoms with E-state index in [2.05, 4.69) is 43.5 Å². The fourth-order valence-electron chi connectivity index (χ4n) is 2.54. The van der Waals surface area contributed by atoms with E-state index in [0.717, 1.165) is 30.0 Å². The van der Waals surface area contributed by atoms with Crippen LogP contribution in [0.5, 0.6) is 0 Å². The van der Waals surface area contributed by atoms with Gasteiger partial charge < -0.3 is 0 Å². The minimum Gasteiger partial charge on any atom is -0.239 e. The molecule has 0 radical (unpaired) electrons. The van der Waals surface area contributed by atoms with Crippen LogP contribution in [0.1, 0.15) is 36.1 Å². The van der Waals surface area contributed by atoms with Gasteiger partial charge in [-0.05, 0) is 44.7 Å². The summed E-state index contributed by atoms with van der Waals surface area (Å²) in [6, 6.07) is 8.90. The maximum atomic E-state index is 9.38. The van der Waals surface area contributed by atoms with Gasteiger partial charge in [0.05, 0.1) is 11.8 Å². The van der Waals surface area contributed by atoms with Crippen LogP contribution < -0.4 is 0 Å². The van der Waals surface area contributed by atoms with Crippen LogP contribution in [-0.2, 0) is 5.41 Å². The molecular weight excluding hydrogens is 252 g/mol. The van der Waals surface area contributed by atoms with Crippen molar-refractivity contribution in [1.82, 2.24) is 4.98 Å². The molecule has 1 aromatic heterocycles. The van der Waals surface area contributed by atoms with E-state index in [4.69, 9.17) is 4.98 Å². The molecule has 3 heteroatoms. The molecule has 0 aliphatic heterocycles. The Kier molecular flexibility index (Phi) is 2.91. The summed E-state index contributed by atoms with van der Waals surface area (Å²) < 4.78 is 0. The SMILES string of the molecule is Cc1ccc(C)c(-c2nc(C3(C#N)CCC3)cs2)c1. The second-order valence-corrected chi connectivity index (χ2v) is 6.26. The summed E-state index contributed by atoms with van der Waals surface area (Å²) in [7, 11) is 0. The second kappa shape index (κ2) is 4.47. The summed E-state index contributed by atoms with van der Waals surface area (Å²) in [5, 5.41) is 12.5. The predicted octanol–water partition coefficient (Wildman–Crippen LogP) is 4.37. The molecule has 0 unspecified atom stereocenters. The molecule has 1 aliphatic rings. The lowest BCUT2D eigenvalue weighted by Gasteiger charge is -2.33. The molecule has 0 N–H and O–H groups in total. The highest BCUT2D eigenvalue weighted by molar-refractivity contribution is 7.13. The van der Waals surface area contributed by atoms with E-state index in [-0.39, 0.29) is 5.41 Å². The first kappa shape index (κ1) is 12.4. The van der Waals surface area contributed by atoms with Crippen LogP contribution in [0, 0.1) is 25.2 Å². The van der Waals surface area contributed by atoms with Crippen LogP contribution >= 0.6 is 11.3 Å². The highest BCUT2D eigenvalue weighted by atomic mass is 32.1. The maximum Gasteiger partial charge on any atom is 0.123 e. The Labute approximate surface area is 117 Å². The van der Waals surface area contributed by atoms with Crippen molar-refractivity contribution in [2.45, 2.75) is 38.5 Å². The molecule has 96 valence electrons. The van der Waals surface area contributed by atoms with Crippen molar-refractivity contribution in [1.29, 1.82) is 5.26 Å². The minimum absolute atomic E-state index is 0.299. The van der Waals surface area contributed by atoms with E-state index in [0.29, 0.717) is 0 Å². The number of thiazole rings is 1. The summed E-state index contributed by atoms with van der Waals surface area (Å²) in [5.41, 5.74) is 4.36. The van der Waals surface area contributed by atoms with E-state index < -0.39 is 0 Å². The maximum absolute atomic E-state index is 9.38. The lowest BCUT2D eigenvalue weighted by Crippen LogP contribution is -2.32. The fraction of sp³-hybridized carbons (Fsp3) is 0.375. The third kappa shape index (κ3) is 1.97. The monoisotopic (exact) mass is 268 g/mol. The number of hydrogen-bond acceptors (Lipinski definition) is 3. The van der Waals surface area contributed by atoms with Gasteiger partial charge in [-0.2, -0.15) is 5.26 Å². The molecule has 1 aliphatic carbocycles. The molecule has 3 rings (SSSR count). The number of rotatable bonds is 2. The average molecular weight is 268 g/mol. The van der Waals surface area contributed by atoms with E-state index >= 15 is 0 Å². The van der Waals surface area contributed by atoms with Gasteiger partial charge in [0, 0.05) is 10.9 Å². The van der Waals surface area contributed by atoms with Crippen LogP contribution in [0.4, 0.5) is 0 Å². The lowest BCUT2D eigenvalue weighted by atomic mass is 9.68. The Hall–Kier alpha value is -1.66. The standard InChI is InChI=1S/C16H16N2S/c1-11-4-5-12(2)13(8-11)15-18-14(9-19-15)16(10-17)6-3-7-16/h4-5,8-9H,3,6-7H2,1-2H3. The highest BCUT2D eigenvalue weighted by Crippen LogP contribution is 2.44. The van der Waals surface area contributed by atoms with Gasteiger partial charge in [-0.1, -0.05) is 17.7 Å². The second-order valence-electron chi connectivity index (χ2n) is 5.40. The molecule has 0 amide bonds. The fourth-order valence-corrected chi connectivity index (χ4v) is 3.54. The van der Waals surface area contributed by atoms with Crippen molar-refractivity contribution in [3.05, 3.63) is 40.4 Å². The Morgan fingerprint density at radius 1 is 1.32 bits per heavy atom. The molecule has 0 saturated heterocycles. The van der Waals surface area contributed by atoms with Gasteiger partial charge in [0.2, 0.25) is 0 Å². The Bertz CT molecular complexity index is 660. The zero-order valence-corrected chi connectivity index (χ0v) is 12.0. The van der Waals surface area contributed by atoms with Crippen LogP contribution in [0.3, 0.4) is 0 Å². The van der Waals surface area contributed by atoms with E-state index in [9.17, 15) is 5.26 Å². The van der Waals surface area contributed by atoms with Crippen LogP contribution in [-0.4, -0.2) is 4.98 Å². The molecule has 0 atom stereocenters. The quantitative estimate of drug-likeness (QED) is 0.810. The van der Waals surface area contributed by atoms with E-state index in [1.54, 1.807) is 11.3 Å². The van der Waals surface area contributed by atoms with Crippen molar-refractivity contribution in [3.63, 3.8) is 0 Å². The number of aryl methyl sites for hydroxylation is 2. The number of nitrogens with zero attached hydrogens (tertiary/aromatic N) is 2. The first-order chi connectivity index (χ1) is 9.14. The first-order valence-corrected chi connectivity index (χ1v) is 7.47. The zero-order valence-electron chi connectivity index (χ0n) is 11.2.